The van der Waals surface area contributed by atoms with Crippen molar-refractivity contribution in [3.05, 3.63) is 22.6 Å². The minimum absolute atomic E-state index is 0.121. The van der Waals surface area contributed by atoms with E-state index in [0.717, 1.165) is 0 Å². The fourth-order valence-corrected chi connectivity index (χ4v) is 2.05. The number of hydrogen-bond donors (Lipinski definition) is 1. The summed E-state index contributed by atoms with van der Waals surface area (Å²) < 4.78 is 10.2. The number of methoxy groups -OCH3 is 1. The van der Waals surface area contributed by atoms with Crippen molar-refractivity contribution in [2.75, 3.05) is 20.7 Å². The van der Waals surface area contributed by atoms with Crippen LogP contribution in [0.3, 0.4) is 0 Å². The summed E-state index contributed by atoms with van der Waals surface area (Å²) in [5.41, 5.74) is 0. The second-order valence-electron chi connectivity index (χ2n) is 5.08. The molecule has 1 atom stereocenters. The summed E-state index contributed by atoms with van der Waals surface area (Å²) in [4.78, 5) is 36.8. The second-order valence-corrected chi connectivity index (χ2v) is 5.86. The minimum atomic E-state index is -0.751. The molecule has 0 saturated carbocycles. The van der Waals surface area contributed by atoms with Gasteiger partial charge in [-0.1, -0.05) is 13.8 Å². The van der Waals surface area contributed by atoms with Crippen molar-refractivity contribution in [3.8, 4) is 0 Å². The smallest absolute Gasteiger partial charge is 0.328 e. The Morgan fingerprint density at radius 1 is 1.36 bits per heavy atom. The van der Waals surface area contributed by atoms with Crippen molar-refractivity contribution >= 4 is 33.7 Å². The molecule has 122 valence electrons. The lowest BCUT2D eigenvalue weighted by molar-refractivity contribution is -0.146. The molecule has 0 aliphatic rings. The van der Waals surface area contributed by atoms with Gasteiger partial charge in [0.05, 0.1) is 13.7 Å². The van der Waals surface area contributed by atoms with E-state index < -0.39 is 23.8 Å². The molecule has 0 spiro atoms. The Balaban J connectivity index is 2.63. The van der Waals surface area contributed by atoms with Gasteiger partial charge in [0.15, 0.2) is 10.4 Å². The predicted octanol–water partition coefficient (Wildman–Crippen LogP) is 1.43. The van der Waals surface area contributed by atoms with Crippen LogP contribution in [0.4, 0.5) is 0 Å². The molecule has 2 amide bonds. The largest absolute Gasteiger partial charge is 0.467 e. The van der Waals surface area contributed by atoms with E-state index >= 15 is 0 Å². The summed E-state index contributed by atoms with van der Waals surface area (Å²) in [7, 11) is 2.73. The molecule has 7 nitrogen and oxygen atoms in total. The molecule has 0 radical (unpaired) electrons. The molecule has 0 bridgehead atoms. The maximum absolute atomic E-state index is 12.0. The fraction of sp³-hybridized carbons (Fsp3) is 0.500. The van der Waals surface area contributed by atoms with E-state index in [2.05, 4.69) is 26.0 Å². The van der Waals surface area contributed by atoms with Gasteiger partial charge in [-0.3, -0.25) is 9.59 Å². The summed E-state index contributed by atoms with van der Waals surface area (Å²) in [5, 5.41) is 2.56. The number of hydrogen-bond acceptors (Lipinski definition) is 5. The van der Waals surface area contributed by atoms with Crippen LogP contribution in [-0.2, 0) is 14.3 Å². The Morgan fingerprint density at radius 3 is 2.45 bits per heavy atom. The van der Waals surface area contributed by atoms with Gasteiger partial charge in [-0.2, -0.15) is 0 Å². The number of carbonyl (C=O) groups is 3. The lowest BCUT2D eigenvalue weighted by Crippen LogP contribution is -2.48. The van der Waals surface area contributed by atoms with Crippen molar-refractivity contribution in [1.29, 1.82) is 0 Å². The zero-order valence-electron chi connectivity index (χ0n) is 12.9. The van der Waals surface area contributed by atoms with Crippen LogP contribution in [0.5, 0.6) is 0 Å². The normalized spacial score (nSPS) is 11.9. The maximum atomic E-state index is 12.0. The van der Waals surface area contributed by atoms with Crippen molar-refractivity contribution in [2.24, 2.45) is 5.92 Å². The van der Waals surface area contributed by atoms with Gasteiger partial charge in [-0.15, -0.1) is 0 Å². The van der Waals surface area contributed by atoms with Crippen LogP contribution in [0.2, 0.25) is 0 Å². The Labute approximate surface area is 137 Å². The first-order valence-corrected chi connectivity index (χ1v) is 7.43. The molecule has 1 N–H and O–H groups in total. The maximum Gasteiger partial charge on any atom is 0.328 e. The second kappa shape index (κ2) is 7.98. The van der Waals surface area contributed by atoms with Crippen molar-refractivity contribution in [1.82, 2.24) is 10.2 Å². The summed E-state index contributed by atoms with van der Waals surface area (Å²) in [5.74, 6) is -1.41. The molecule has 22 heavy (non-hydrogen) atoms. The summed E-state index contributed by atoms with van der Waals surface area (Å²) in [6.07, 6.45) is 0. The van der Waals surface area contributed by atoms with E-state index in [0.29, 0.717) is 4.67 Å². The molecule has 0 aliphatic carbocycles. The molecule has 8 heteroatoms. The van der Waals surface area contributed by atoms with Crippen LogP contribution in [0.1, 0.15) is 24.4 Å². The number of rotatable bonds is 6. The standard InChI is InChI=1S/C14H19BrN2O5/c1-8(2)12(14(20)21-4)16-11(18)7-17(3)13(19)9-5-6-10(15)22-9/h5-6,8,12H,7H2,1-4H3,(H,16,18). The van der Waals surface area contributed by atoms with E-state index in [4.69, 9.17) is 4.42 Å². The highest BCUT2D eigenvalue weighted by atomic mass is 79.9. The Kier molecular flexibility index (Phi) is 6.61. The third-order valence-corrected chi connectivity index (χ3v) is 3.38. The van der Waals surface area contributed by atoms with E-state index in [-0.39, 0.29) is 18.2 Å². The predicted molar refractivity (Wildman–Crippen MR) is 82.2 cm³/mol. The molecule has 0 fully saturated rings. The zero-order chi connectivity index (χ0) is 16.9. The first kappa shape index (κ1) is 18.2. The molecule has 1 heterocycles. The molecular weight excluding hydrogens is 356 g/mol. The lowest BCUT2D eigenvalue weighted by atomic mass is 10.0. The van der Waals surface area contributed by atoms with Gasteiger partial charge in [0.1, 0.15) is 6.04 Å². The Morgan fingerprint density at radius 2 is 2.00 bits per heavy atom. The van der Waals surface area contributed by atoms with Crippen LogP contribution in [0.15, 0.2) is 21.2 Å². The number of nitrogens with zero attached hydrogens (tertiary/aromatic N) is 1. The van der Waals surface area contributed by atoms with E-state index in [1.807, 2.05) is 0 Å². The van der Waals surface area contributed by atoms with Crippen molar-refractivity contribution < 1.29 is 23.5 Å². The monoisotopic (exact) mass is 374 g/mol. The van der Waals surface area contributed by atoms with E-state index in [1.54, 1.807) is 19.9 Å². The van der Waals surface area contributed by atoms with Crippen LogP contribution in [0, 0.1) is 5.92 Å². The molecule has 1 aromatic heterocycles. The van der Waals surface area contributed by atoms with Crippen LogP contribution in [-0.4, -0.2) is 49.4 Å². The third-order valence-electron chi connectivity index (χ3n) is 2.95. The van der Waals surface area contributed by atoms with Crippen LogP contribution < -0.4 is 5.32 Å². The quantitative estimate of drug-likeness (QED) is 0.760. The number of halogens is 1. The number of esters is 1. The van der Waals surface area contributed by atoms with E-state index in [9.17, 15) is 14.4 Å². The molecule has 1 unspecified atom stereocenters. The van der Waals surface area contributed by atoms with Crippen LogP contribution >= 0.6 is 15.9 Å². The summed E-state index contributed by atoms with van der Waals surface area (Å²) >= 11 is 3.10. The lowest BCUT2D eigenvalue weighted by Gasteiger charge is -2.22. The number of carbonyl (C=O) groups excluding carboxylic acids is 3. The first-order chi connectivity index (χ1) is 10.3. The highest BCUT2D eigenvalue weighted by Crippen LogP contribution is 2.15. The minimum Gasteiger partial charge on any atom is -0.467 e. The Bertz CT molecular complexity index is 555. The van der Waals surface area contributed by atoms with Crippen molar-refractivity contribution in [2.45, 2.75) is 19.9 Å². The molecule has 0 saturated heterocycles. The van der Waals surface area contributed by atoms with Gasteiger partial charge in [-0.05, 0) is 34.0 Å². The van der Waals surface area contributed by atoms with Gasteiger partial charge in [0, 0.05) is 7.05 Å². The van der Waals surface area contributed by atoms with Gasteiger partial charge in [0.25, 0.3) is 5.91 Å². The van der Waals surface area contributed by atoms with E-state index in [1.165, 1.54) is 25.1 Å². The molecule has 1 aromatic rings. The third kappa shape index (κ3) is 4.87. The summed E-state index contributed by atoms with van der Waals surface area (Å²) in [6.45, 7) is 3.38. The molecule has 0 aromatic carbocycles. The van der Waals surface area contributed by atoms with Gasteiger partial charge in [-0.25, -0.2) is 4.79 Å². The number of ether oxygens (including phenoxy) is 1. The highest BCUT2D eigenvalue weighted by Gasteiger charge is 2.26. The summed E-state index contributed by atoms with van der Waals surface area (Å²) in [6, 6.07) is 2.35. The van der Waals surface area contributed by atoms with Gasteiger partial charge in [0.2, 0.25) is 5.91 Å². The highest BCUT2D eigenvalue weighted by molar-refractivity contribution is 9.10. The van der Waals surface area contributed by atoms with Crippen molar-refractivity contribution in [3.63, 3.8) is 0 Å². The van der Waals surface area contributed by atoms with Crippen LogP contribution in [0.25, 0.3) is 0 Å². The number of nitrogens with one attached hydrogen (secondary N) is 1. The topological polar surface area (TPSA) is 88.9 Å². The Hall–Kier alpha value is -1.83. The molecule has 0 aliphatic heterocycles. The first-order valence-electron chi connectivity index (χ1n) is 6.64. The molecular formula is C14H19BrN2O5. The molecule has 1 rings (SSSR count). The zero-order valence-corrected chi connectivity index (χ0v) is 14.5. The average molecular weight is 375 g/mol. The van der Waals surface area contributed by atoms with Gasteiger partial charge < -0.3 is 19.4 Å². The van der Waals surface area contributed by atoms with Gasteiger partial charge >= 0.3 is 5.97 Å². The number of furan rings is 1. The average Bonchev–Trinajstić information content (AvgIpc) is 2.89. The SMILES string of the molecule is COC(=O)C(NC(=O)CN(C)C(=O)c1ccc(Br)o1)C(C)C. The number of likely N-dealkylation sites (N-methyl/N-ethyl adjacent to an activating group) is 1. The fourth-order valence-electron chi connectivity index (χ4n) is 1.75. The number of amides is 2.